The maximum atomic E-state index is 5.90. The van der Waals surface area contributed by atoms with Gasteiger partial charge in [-0.25, -0.2) is 0 Å². The largest absolute Gasteiger partial charge is 0.398 e. The van der Waals surface area contributed by atoms with E-state index in [4.69, 9.17) is 5.73 Å². The van der Waals surface area contributed by atoms with Gasteiger partial charge in [0, 0.05) is 30.4 Å². The van der Waals surface area contributed by atoms with Gasteiger partial charge in [-0.3, -0.25) is 0 Å². The van der Waals surface area contributed by atoms with Crippen molar-refractivity contribution in [2.24, 2.45) is 7.05 Å². The van der Waals surface area contributed by atoms with E-state index in [1.165, 1.54) is 11.2 Å². The minimum Gasteiger partial charge on any atom is -0.398 e. The molecule has 0 unspecified atom stereocenters. The van der Waals surface area contributed by atoms with Gasteiger partial charge in [0.25, 0.3) is 0 Å². The molecule has 2 rings (SSSR count). The maximum absolute atomic E-state index is 5.90. The molecule has 1 aromatic heterocycles. The first-order chi connectivity index (χ1) is 6.74. The number of anilines is 1. The first-order valence-corrected chi connectivity index (χ1v) is 4.71. The summed E-state index contributed by atoms with van der Waals surface area (Å²) in [6.45, 7) is 0.866. The average molecular weight is 189 g/mol. The molecular weight excluding hydrogens is 174 g/mol. The highest BCUT2D eigenvalue weighted by molar-refractivity contribution is 5.92. The standard InChI is InChI=1S/C11H15N3/c1-13-7-8-6-9-10(12)4-3-5-11(9)14(8)2/h3-6,13H,7,12H2,1-2H3. The molecule has 3 heteroatoms. The molecule has 0 aliphatic heterocycles. The van der Waals surface area contributed by atoms with E-state index in [2.05, 4.69) is 29.1 Å². The van der Waals surface area contributed by atoms with E-state index in [9.17, 15) is 0 Å². The Hall–Kier alpha value is -1.48. The number of nitrogens with two attached hydrogens (primary N) is 1. The third-order valence-electron chi connectivity index (χ3n) is 2.58. The van der Waals surface area contributed by atoms with Crippen LogP contribution in [0.15, 0.2) is 24.3 Å². The summed E-state index contributed by atoms with van der Waals surface area (Å²) in [7, 11) is 4.01. The van der Waals surface area contributed by atoms with Crippen molar-refractivity contribution >= 4 is 16.6 Å². The molecule has 14 heavy (non-hydrogen) atoms. The summed E-state index contributed by atoms with van der Waals surface area (Å²) in [5.41, 5.74) is 9.19. The summed E-state index contributed by atoms with van der Waals surface area (Å²) in [5.74, 6) is 0. The minimum atomic E-state index is 0.848. The molecule has 1 heterocycles. The smallest absolute Gasteiger partial charge is 0.0501 e. The van der Waals surface area contributed by atoms with E-state index in [0.29, 0.717) is 0 Å². The number of benzene rings is 1. The lowest BCUT2D eigenvalue weighted by Crippen LogP contribution is -2.08. The Morgan fingerprint density at radius 3 is 2.86 bits per heavy atom. The summed E-state index contributed by atoms with van der Waals surface area (Å²) < 4.78 is 2.17. The predicted octanol–water partition coefficient (Wildman–Crippen LogP) is 1.48. The van der Waals surface area contributed by atoms with Gasteiger partial charge in [0.15, 0.2) is 0 Å². The number of nitrogens with one attached hydrogen (secondary N) is 1. The Kier molecular flexibility index (Phi) is 2.17. The summed E-state index contributed by atoms with van der Waals surface area (Å²) in [5, 5.41) is 4.28. The van der Waals surface area contributed by atoms with Crippen molar-refractivity contribution in [1.29, 1.82) is 0 Å². The second-order valence-corrected chi connectivity index (χ2v) is 3.51. The highest BCUT2D eigenvalue weighted by Gasteiger charge is 2.06. The summed E-state index contributed by atoms with van der Waals surface area (Å²) in [6.07, 6.45) is 0. The number of hydrogen-bond acceptors (Lipinski definition) is 2. The first kappa shape index (κ1) is 9.09. The molecule has 3 N–H and O–H groups in total. The molecule has 0 spiro atoms. The number of aromatic nitrogens is 1. The van der Waals surface area contributed by atoms with Crippen LogP contribution in [0.1, 0.15) is 5.69 Å². The molecule has 74 valence electrons. The number of nitrogen functional groups attached to an aromatic ring is 1. The highest BCUT2D eigenvalue weighted by atomic mass is 15.0. The first-order valence-electron chi connectivity index (χ1n) is 4.71. The van der Waals surface area contributed by atoms with Gasteiger partial charge in [0.1, 0.15) is 0 Å². The van der Waals surface area contributed by atoms with E-state index in [-0.39, 0.29) is 0 Å². The average Bonchev–Trinajstić information content (AvgIpc) is 2.48. The molecule has 0 amide bonds. The molecule has 0 fully saturated rings. The second kappa shape index (κ2) is 3.35. The number of aryl methyl sites for hydroxylation is 1. The van der Waals surface area contributed by atoms with Gasteiger partial charge in [-0.1, -0.05) is 6.07 Å². The second-order valence-electron chi connectivity index (χ2n) is 3.51. The van der Waals surface area contributed by atoms with Gasteiger partial charge in [-0.05, 0) is 25.2 Å². The van der Waals surface area contributed by atoms with E-state index in [0.717, 1.165) is 17.6 Å². The van der Waals surface area contributed by atoms with E-state index in [1.54, 1.807) is 0 Å². The molecule has 0 saturated carbocycles. The summed E-state index contributed by atoms with van der Waals surface area (Å²) in [4.78, 5) is 0. The lowest BCUT2D eigenvalue weighted by molar-refractivity contribution is 0.745. The van der Waals surface area contributed by atoms with Crippen LogP contribution >= 0.6 is 0 Å². The van der Waals surface area contributed by atoms with Crippen molar-refractivity contribution in [1.82, 2.24) is 9.88 Å². The van der Waals surface area contributed by atoms with Gasteiger partial charge in [0.2, 0.25) is 0 Å². The van der Waals surface area contributed by atoms with Crippen LogP contribution in [-0.4, -0.2) is 11.6 Å². The Labute approximate surface area is 83.5 Å². The van der Waals surface area contributed by atoms with Crippen LogP contribution in [0.5, 0.6) is 0 Å². The molecule has 1 aromatic carbocycles. The maximum Gasteiger partial charge on any atom is 0.0501 e. The molecule has 0 atom stereocenters. The van der Waals surface area contributed by atoms with E-state index in [1.807, 2.05) is 19.2 Å². The zero-order valence-electron chi connectivity index (χ0n) is 8.54. The van der Waals surface area contributed by atoms with Gasteiger partial charge in [-0.15, -0.1) is 0 Å². The molecule has 0 aliphatic rings. The highest BCUT2D eigenvalue weighted by Crippen LogP contribution is 2.23. The van der Waals surface area contributed by atoms with E-state index < -0.39 is 0 Å². The van der Waals surface area contributed by atoms with Crippen LogP contribution in [0.2, 0.25) is 0 Å². The van der Waals surface area contributed by atoms with Crippen LogP contribution in [0.3, 0.4) is 0 Å². The third kappa shape index (κ3) is 1.26. The topological polar surface area (TPSA) is 43.0 Å². The van der Waals surface area contributed by atoms with Crippen molar-refractivity contribution in [2.75, 3.05) is 12.8 Å². The van der Waals surface area contributed by atoms with Crippen molar-refractivity contribution in [3.8, 4) is 0 Å². The third-order valence-corrected chi connectivity index (χ3v) is 2.58. The van der Waals surface area contributed by atoms with Gasteiger partial charge >= 0.3 is 0 Å². The SMILES string of the molecule is CNCc1cc2c(N)cccc2n1C. The number of fused-ring (bicyclic) bond motifs is 1. The zero-order valence-corrected chi connectivity index (χ0v) is 8.54. The number of hydrogen-bond donors (Lipinski definition) is 2. The Bertz CT molecular complexity index is 457. The fraction of sp³-hybridized carbons (Fsp3) is 0.273. The lowest BCUT2D eigenvalue weighted by Gasteiger charge is -2.02. The van der Waals surface area contributed by atoms with Crippen LogP contribution in [0.4, 0.5) is 5.69 Å². The Morgan fingerprint density at radius 1 is 1.43 bits per heavy atom. The van der Waals surface area contributed by atoms with Crippen molar-refractivity contribution in [2.45, 2.75) is 6.54 Å². The van der Waals surface area contributed by atoms with Gasteiger partial charge in [0.05, 0.1) is 5.52 Å². The monoisotopic (exact) mass is 189 g/mol. The Morgan fingerprint density at radius 2 is 2.21 bits per heavy atom. The van der Waals surface area contributed by atoms with E-state index >= 15 is 0 Å². The quantitative estimate of drug-likeness (QED) is 0.703. The van der Waals surface area contributed by atoms with Crippen molar-refractivity contribution in [3.05, 3.63) is 30.0 Å². The zero-order chi connectivity index (χ0) is 10.1. The number of nitrogens with zero attached hydrogens (tertiary/aromatic N) is 1. The molecule has 0 bridgehead atoms. The van der Waals surface area contributed by atoms with Crippen LogP contribution in [-0.2, 0) is 13.6 Å². The van der Waals surface area contributed by atoms with Gasteiger partial charge < -0.3 is 15.6 Å². The van der Waals surface area contributed by atoms with Crippen molar-refractivity contribution in [3.63, 3.8) is 0 Å². The van der Waals surface area contributed by atoms with Crippen molar-refractivity contribution < 1.29 is 0 Å². The summed E-state index contributed by atoms with van der Waals surface area (Å²) in [6, 6.07) is 8.15. The summed E-state index contributed by atoms with van der Waals surface area (Å²) >= 11 is 0. The molecule has 0 saturated heterocycles. The molecule has 2 aromatic rings. The normalized spacial score (nSPS) is 11.0. The molecule has 0 radical (unpaired) electrons. The molecule has 0 aliphatic carbocycles. The number of rotatable bonds is 2. The van der Waals surface area contributed by atoms with Crippen LogP contribution < -0.4 is 11.1 Å². The molecular formula is C11H15N3. The fourth-order valence-electron chi connectivity index (χ4n) is 1.79. The fourth-order valence-corrected chi connectivity index (χ4v) is 1.79. The Balaban J connectivity index is 2.67. The predicted molar refractivity (Wildman–Crippen MR) is 60.1 cm³/mol. The minimum absolute atomic E-state index is 0.848. The van der Waals surface area contributed by atoms with Crippen LogP contribution in [0.25, 0.3) is 10.9 Å². The lowest BCUT2D eigenvalue weighted by atomic mass is 10.2. The van der Waals surface area contributed by atoms with Gasteiger partial charge in [-0.2, -0.15) is 0 Å². The van der Waals surface area contributed by atoms with Crippen LogP contribution in [0, 0.1) is 0 Å². The molecule has 3 nitrogen and oxygen atoms in total.